The Morgan fingerprint density at radius 1 is 1.18 bits per heavy atom. The highest BCUT2D eigenvalue weighted by molar-refractivity contribution is 6.01. The lowest BCUT2D eigenvalue weighted by Crippen LogP contribution is -2.49. The van der Waals surface area contributed by atoms with Crippen molar-refractivity contribution in [3.05, 3.63) is 71.0 Å². The van der Waals surface area contributed by atoms with Gasteiger partial charge in [0.05, 0.1) is 18.6 Å². The molecule has 1 fully saturated rings. The molecule has 6 nitrogen and oxygen atoms in total. The van der Waals surface area contributed by atoms with E-state index in [0.29, 0.717) is 36.9 Å². The molecule has 2 aromatic carbocycles. The van der Waals surface area contributed by atoms with Crippen molar-refractivity contribution in [1.82, 2.24) is 15.1 Å². The second-order valence-corrected chi connectivity index (χ2v) is 8.72. The summed E-state index contributed by atoms with van der Waals surface area (Å²) >= 11 is 0. The number of hydrogen-bond donors (Lipinski definition) is 1. The Hall–Kier alpha value is -2.77. The SMILES string of the molecule is CCN1CCC[C@@H]1CNC(=O)[C@@H]1c2ccccc2C(=O)N(CCOC)[C@H]1c1ccc(F)cc1. The molecule has 2 aliphatic rings. The van der Waals surface area contributed by atoms with E-state index in [0.717, 1.165) is 31.5 Å². The molecule has 3 atom stereocenters. The Morgan fingerprint density at radius 2 is 1.94 bits per heavy atom. The van der Waals surface area contributed by atoms with Crippen LogP contribution in [0.15, 0.2) is 48.5 Å². The molecule has 0 unspecified atom stereocenters. The zero-order valence-electron chi connectivity index (χ0n) is 19.3. The van der Waals surface area contributed by atoms with Crippen molar-refractivity contribution >= 4 is 11.8 Å². The van der Waals surface area contributed by atoms with Gasteiger partial charge in [0.15, 0.2) is 0 Å². The average Bonchev–Trinajstić information content (AvgIpc) is 3.30. The lowest BCUT2D eigenvalue weighted by Gasteiger charge is -2.42. The van der Waals surface area contributed by atoms with E-state index >= 15 is 0 Å². The van der Waals surface area contributed by atoms with Crippen molar-refractivity contribution in [3.63, 3.8) is 0 Å². The summed E-state index contributed by atoms with van der Waals surface area (Å²) in [7, 11) is 1.58. The van der Waals surface area contributed by atoms with Crippen LogP contribution < -0.4 is 5.32 Å². The first kappa shape index (κ1) is 23.4. The number of nitrogens with one attached hydrogen (secondary N) is 1. The maximum atomic E-state index is 13.7. The van der Waals surface area contributed by atoms with Gasteiger partial charge < -0.3 is 15.0 Å². The molecule has 0 saturated carbocycles. The summed E-state index contributed by atoms with van der Waals surface area (Å²) in [5.41, 5.74) is 1.97. The molecule has 2 aromatic rings. The molecule has 0 aliphatic carbocycles. The molecule has 4 rings (SSSR count). The first-order valence-electron chi connectivity index (χ1n) is 11.7. The minimum Gasteiger partial charge on any atom is -0.383 e. The minimum absolute atomic E-state index is 0.116. The predicted molar refractivity (Wildman–Crippen MR) is 125 cm³/mol. The topological polar surface area (TPSA) is 61.9 Å². The summed E-state index contributed by atoms with van der Waals surface area (Å²) in [4.78, 5) is 31.2. The molecule has 0 aromatic heterocycles. The van der Waals surface area contributed by atoms with E-state index in [9.17, 15) is 14.0 Å². The van der Waals surface area contributed by atoms with E-state index in [4.69, 9.17) is 4.74 Å². The Kier molecular flexibility index (Phi) is 7.40. The van der Waals surface area contributed by atoms with Crippen molar-refractivity contribution in [3.8, 4) is 0 Å². The van der Waals surface area contributed by atoms with Gasteiger partial charge in [-0.05, 0) is 55.3 Å². The second kappa shape index (κ2) is 10.4. The van der Waals surface area contributed by atoms with E-state index < -0.39 is 12.0 Å². The number of ether oxygens (including phenoxy) is 1. The van der Waals surface area contributed by atoms with Gasteiger partial charge in [-0.1, -0.05) is 37.3 Å². The van der Waals surface area contributed by atoms with E-state index in [1.165, 1.54) is 12.1 Å². The third-order valence-electron chi connectivity index (χ3n) is 6.89. The number of likely N-dealkylation sites (tertiary alicyclic amines) is 1. The second-order valence-electron chi connectivity index (χ2n) is 8.72. The molecule has 176 valence electrons. The fraction of sp³-hybridized carbons (Fsp3) is 0.462. The molecular formula is C26H32FN3O3. The fourth-order valence-corrected chi connectivity index (χ4v) is 5.21. The molecule has 7 heteroatoms. The summed E-state index contributed by atoms with van der Waals surface area (Å²) in [6, 6.07) is 13.2. The smallest absolute Gasteiger partial charge is 0.254 e. The number of carbonyl (C=O) groups excluding carboxylic acids is 2. The Balaban J connectivity index is 1.70. The first-order chi connectivity index (χ1) is 16.0. The van der Waals surface area contributed by atoms with Gasteiger partial charge in [-0.15, -0.1) is 0 Å². The number of likely N-dealkylation sites (N-methyl/N-ethyl adjacent to an activating group) is 1. The average molecular weight is 454 g/mol. The van der Waals surface area contributed by atoms with Gasteiger partial charge in [0.2, 0.25) is 5.91 Å². The summed E-state index contributed by atoms with van der Waals surface area (Å²) in [5, 5.41) is 3.18. The number of carbonyl (C=O) groups is 2. The van der Waals surface area contributed by atoms with Gasteiger partial charge in [-0.2, -0.15) is 0 Å². The van der Waals surface area contributed by atoms with Gasteiger partial charge >= 0.3 is 0 Å². The highest BCUT2D eigenvalue weighted by atomic mass is 19.1. The Bertz CT molecular complexity index is 981. The molecule has 33 heavy (non-hydrogen) atoms. The van der Waals surface area contributed by atoms with Crippen molar-refractivity contribution in [2.24, 2.45) is 0 Å². The van der Waals surface area contributed by atoms with Gasteiger partial charge in [-0.3, -0.25) is 14.5 Å². The number of fused-ring (bicyclic) bond motifs is 1. The van der Waals surface area contributed by atoms with Crippen LogP contribution in [0.3, 0.4) is 0 Å². The number of benzene rings is 2. The molecule has 0 spiro atoms. The molecule has 0 radical (unpaired) electrons. The summed E-state index contributed by atoms with van der Waals surface area (Å²) < 4.78 is 19.0. The Labute approximate surface area is 194 Å². The van der Waals surface area contributed by atoms with Crippen LogP contribution in [0.4, 0.5) is 4.39 Å². The van der Waals surface area contributed by atoms with Crippen LogP contribution in [0, 0.1) is 5.82 Å². The summed E-state index contributed by atoms with van der Waals surface area (Å²) in [5.74, 6) is -1.21. The van der Waals surface area contributed by atoms with E-state index in [-0.39, 0.29) is 17.6 Å². The number of methoxy groups -OCH3 is 1. The van der Waals surface area contributed by atoms with E-state index in [1.807, 2.05) is 18.2 Å². The molecule has 2 amide bonds. The third-order valence-corrected chi connectivity index (χ3v) is 6.89. The number of halogens is 1. The largest absolute Gasteiger partial charge is 0.383 e. The summed E-state index contributed by atoms with van der Waals surface area (Å²) in [6.45, 7) is 5.41. The van der Waals surface area contributed by atoms with Crippen LogP contribution in [0.5, 0.6) is 0 Å². The van der Waals surface area contributed by atoms with Gasteiger partial charge in [0, 0.05) is 31.8 Å². The first-order valence-corrected chi connectivity index (χ1v) is 11.7. The monoisotopic (exact) mass is 453 g/mol. The van der Waals surface area contributed by atoms with Crippen molar-refractivity contribution in [2.75, 3.05) is 39.9 Å². The molecule has 1 N–H and O–H groups in total. The van der Waals surface area contributed by atoms with E-state index in [1.54, 1.807) is 30.2 Å². The molecular weight excluding hydrogens is 421 g/mol. The fourth-order valence-electron chi connectivity index (χ4n) is 5.21. The van der Waals surface area contributed by atoms with Crippen LogP contribution in [0.25, 0.3) is 0 Å². The van der Waals surface area contributed by atoms with Crippen molar-refractivity contribution in [1.29, 1.82) is 0 Å². The van der Waals surface area contributed by atoms with Crippen molar-refractivity contribution in [2.45, 2.75) is 37.8 Å². The van der Waals surface area contributed by atoms with Gasteiger partial charge in [0.1, 0.15) is 5.82 Å². The quantitative estimate of drug-likeness (QED) is 0.666. The number of nitrogens with zero attached hydrogens (tertiary/aromatic N) is 2. The van der Waals surface area contributed by atoms with Gasteiger partial charge in [0.25, 0.3) is 5.91 Å². The van der Waals surface area contributed by atoms with Crippen molar-refractivity contribution < 1.29 is 18.7 Å². The molecule has 0 bridgehead atoms. The normalized spacial score (nSPS) is 22.9. The zero-order valence-corrected chi connectivity index (χ0v) is 19.3. The minimum atomic E-state index is -0.599. The molecule has 2 aliphatic heterocycles. The Morgan fingerprint density at radius 3 is 2.67 bits per heavy atom. The highest BCUT2D eigenvalue weighted by Gasteiger charge is 2.44. The lowest BCUT2D eigenvalue weighted by molar-refractivity contribution is -0.124. The highest BCUT2D eigenvalue weighted by Crippen LogP contribution is 2.42. The maximum absolute atomic E-state index is 13.7. The van der Waals surface area contributed by atoms with Crippen LogP contribution in [0.1, 0.15) is 53.2 Å². The van der Waals surface area contributed by atoms with Crippen LogP contribution in [-0.2, 0) is 9.53 Å². The number of rotatable bonds is 8. The zero-order chi connectivity index (χ0) is 23.4. The molecule has 1 saturated heterocycles. The van der Waals surface area contributed by atoms with Gasteiger partial charge in [-0.25, -0.2) is 4.39 Å². The standard InChI is InChI=1S/C26H32FN3O3/c1-3-29-14-6-7-20(29)17-28-25(31)23-21-8-4-5-9-22(21)26(32)30(15-16-33-2)24(23)18-10-12-19(27)13-11-18/h4-5,8-13,20,23-24H,3,6-7,14-17H2,1-2H3,(H,28,31)/t20-,23-,24+/m1/s1. The predicted octanol–water partition coefficient (Wildman–Crippen LogP) is 3.35. The third kappa shape index (κ3) is 4.80. The van der Waals surface area contributed by atoms with Crippen LogP contribution >= 0.6 is 0 Å². The molecule has 2 heterocycles. The summed E-state index contributed by atoms with van der Waals surface area (Å²) in [6.07, 6.45) is 2.20. The van der Waals surface area contributed by atoms with Crippen LogP contribution in [0.2, 0.25) is 0 Å². The number of amides is 2. The maximum Gasteiger partial charge on any atom is 0.254 e. The van der Waals surface area contributed by atoms with Crippen LogP contribution in [-0.4, -0.2) is 67.6 Å². The number of hydrogen-bond acceptors (Lipinski definition) is 4. The lowest BCUT2D eigenvalue weighted by atomic mass is 9.79. The van der Waals surface area contributed by atoms with E-state index in [2.05, 4.69) is 17.1 Å².